The van der Waals surface area contributed by atoms with Gasteiger partial charge in [0, 0.05) is 19.6 Å². The number of hydrogen-bond acceptors (Lipinski definition) is 3. The van der Waals surface area contributed by atoms with E-state index in [0.717, 1.165) is 49.7 Å². The minimum Gasteiger partial charge on any atom is -0.484 e. The normalized spacial score (nSPS) is 16.2. The average Bonchev–Trinajstić information content (AvgIpc) is 2.46. The van der Waals surface area contributed by atoms with Gasteiger partial charge in [0.25, 0.3) is 5.91 Å². The summed E-state index contributed by atoms with van der Waals surface area (Å²) in [6.07, 6.45) is 2.20. The molecule has 0 saturated carbocycles. The molecule has 1 aliphatic rings. The van der Waals surface area contributed by atoms with Crippen LogP contribution in [-0.4, -0.2) is 37.6 Å². The summed E-state index contributed by atoms with van der Waals surface area (Å²) in [6.45, 7) is 4.91. The van der Waals surface area contributed by atoms with Crippen LogP contribution in [0.1, 0.15) is 25.3 Å². The van der Waals surface area contributed by atoms with Crippen LogP contribution in [0, 0.1) is 5.92 Å². The van der Waals surface area contributed by atoms with Crippen molar-refractivity contribution in [1.29, 1.82) is 0 Å². The number of carbonyl (C=O) groups excluding carboxylic acids is 1. The third-order valence-electron chi connectivity index (χ3n) is 3.78. The van der Waals surface area contributed by atoms with Gasteiger partial charge in [-0.1, -0.05) is 19.1 Å². The molecule has 110 valence electrons. The van der Waals surface area contributed by atoms with E-state index in [1.54, 1.807) is 0 Å². The van der Waals surface area contributed by atoms with E-state index in [9.17, 15) is 4.79 Å². The molecular formula is C16H24N2O2. The summed E-state index contributed by atoms with van der Waals surface area (Å²) in [5.74, 6) is 1.59. The Balaban J connectivity index is 1.82. The first-order valence-corrected chi connectivity index (χ1v) is 7.33. The van der Waals surface area contributed by atoms with Gasteiger partial charge < -0.3 is 15.0 Å². The van der Waals surface area contributed by atoms with Crippen molar-refractivity contribution in [2.24, 2.45) is 5.92 Å². The van der Waals surface area contributed by atoms with Crippen LogP contribution in [0.15, 0.2) is 24.3 Å². The summed E-state index contributed by atoms with van der Waals surface area (Å²) >= 11 is 0. The van der Waals surface area contributed by atoms with Crippen LogP contribution < -0.4 is 10.1 Å². The van der Waals surface area contributed by atoms with E-state index in [4.69, 9.17) is 4.74 Å². The van der Waals surface area contributed by atoms with Crippen LogP contribution in [0.2, 0.25) is 0 Å². The lowest BCUT2D eigenvalue weighted by atomic mass is 9.99. The first kappa shape index (κ1) is 14.9. The number of amides is 1. The summed E-state index contributed by atoms with van der Waals surface area (Å²) in [6, 6.07) is 7.86. The van der Waals surface area contributed by atoms with Gasteiger partial charge in [0.2, 0.25) is 0 Å². The van der Waals surface area contributed by atoms with Crippen LogP contribution in [0.25, 0.3) is 0 Å². The van der Waals surface area contributed by atoms with E-state index in [1.807, 2.05) is 36.2 Å². The molecule has 0 spiro atoms. The molecule has 0 unspecified atom stereocenters. The highest BCUT2D eigenvalue weighted by Gasteiger charge is 2.20. The Bertz CT molecular complexity index is 440. The number of piperidine rings is 1. The van der Waals surface area contributed by atoms with Crippen LogP contribution >= 0.6 is 0 Å². The summed E-state index contributed by atoms with van der Waals surface area (Å²) < 4.78 is 5.62. The zero-order valence-corrected chi connectivity index (χ0v) is 12.4. The van der Waals surface area contributed by atoms with E-state index in [2.05, 4.69) is 12.2 Å². The second-order valence-corrected chi connectivity index (χ2v) is 5.53. The van der Waals surface area contributed by atoms with Gasteiger partial charge in [0.1, 0.15) is 5.75 Å². The molecule has 0 atom stereocenters. The molecule has 0 aliphatic carbocycles. The van der Waals surface area contributed by atoms with Gasteiger partial charge in [-0.15, -0.1) is 0 Å². The minimum absolute atomic E-state index is 0.0934. The predicted molar refractivity (Wildman–Crippen MR) is 79.7 cm³/mol. The highest BCUT2D eigenvalue weighted by molar-refractivity contribution is 5.77. The Morgan fingerprint density at radius 2 is 2.15 bits per heavy atom. The van der Waals surface area contributed by atoms with Crippen LogP contribution in [0.5, 0.6) is 5.75 Å². The van der Waals surface area contributed by atoms with Crippen LogP contribution in [0.3, 0.4) is 0 Å². The molecule has 2 rings (SSSR count). The third kappa shape index (κ3) is 4.23. The molecule has 1 aromatic carbocycles. The second kappa shape index (κ2) is 7.29. The summed E-state index contributed by atoms with van der Waals surface area (Å²) in [7, 11) is 1.91. The Morgan fingerprint density at radius 1 is 1.40 bits per heavy atom. The summed E-state index contributed by atoms with van der Waals surface area (Å²) in [5.41, 5.74) is 1.16. The number of benzene rings is 1. The topological polar surface area (TPSA) is 41.6 Å². The number of rotatable bonds is 5. The molecule has 20 heavy (non-hydrogen) atoms. The van der Waals surface area contributed by atoms with Gasteiger partial charge >= 0.3 is 0 Å². The Labute approximate surface area is 121 Å². The molecule has 1 heterocycles. The number of nitrogens with zero attached hydrogens (tertiary/aromatic N) is 1. The van der Waals surface area contributed by atoms with Gasteiger partial charge in [-0.2, -0.15) is 0 Å². The van der Waals surface area contributed by atoms with E-state index in [1.165, 1.54) is 0 Å². The standard InChI is InChI=1S/C16H24N2O2/c1-13-6-8-18(9-7-13)16(19)12-20-15-5-3-4-14(10-15)11-17-2/h3-5,10,13,17H,6-9,11-12H2,1-2H3. The first-order valence-electron chi connectivity index (χ1n) is 7.33. The van der Waals surface area contributed by atoms with E-state index >= 15 is 0 Å². The summed E-state index contributed by atoms with van der Waals surface area (Å²) in [4.78, 5) is 14.0. The fourth-order valence-electron chi connectivity index (χ4n) is 2.44. The monoisotopic (exact) mass is 276 g/mol. The maximum atomic E-state index is 12.1. The van der Waals surface area contributed by atoms with Crippen molar-refractivity contribution in [3.05, 3.63) is 29.8 Å². The predicted octanol–water partition coefficient (Wildman–Crippen LogP) is 2.04. The minimum atomic E-state index is 0.0934. The molecule has 1 amide bonds. The lowest BCUT2D eigenvalue weighted by Gasteiger charge is -2.30. The smallest absolute Gasteiger partial charge is 0.260 e. The largest absolute Gasteiger partial charge is 0.484 e. The molecule has 0 aromatic heterocycles. The van der Waals surface area contributed by atoms with Crippen molar-refractivity contribution >= 4 is 5.91 Å². The van der Waals surface area contributed by atoms with Gasteiger partial charge in [0.15, 0.2) is 6.61 Å². The molecule has 1 N–H and O–H groups in total. The zero-order valence-electron chi connectivity index (χ0n) is 12.4. The maximum Gasteiger partial charge on any atom is 0.260 e. The van der Waals surface area contributed by atoms with Crippen LogP contribution in [-0.2, 0) is 11.3 Å². The van der Waals surface area contributed by atoms with Crippen molar-refractivity contribution < 1.29 is 9.53 Å². The Kier molecular flexibility index (Phi) is 5.41. The maximum absolute atomic E-state index is 12.1. The van der Waals surface area contributed by atoms with E-state index < -0.39 is 0 Å². The van der Waals surface area contributed by atoms with Crippen molar-refractivity contribution in [3.8, 4) is 5.75 Å². The number of likely N-dealkylation sites (tertiary alicyclic amines) is 1. The fraction of sp³-hybridized carbons (Fsp3) is 0.562. The molecular weight excluding hydrogens is 252 g/mol. The zero-order chi connectivity index (χ0) is 14.4. The quantitative estimate of drug-likeness (QED) is 0.895. The van der Waals surface area contributed by atoms with Gasteiger partial charge in [-0.25, -0.2) is 0 Å². The molecule has 4 heteroatoms. The van der Waals surface area contributed by atoms with Crippen molar-refractivity contribution in [2.75, 3.05) is 26.7 Å². The first-order chi connectivity index (χ1) is 9.69. The molecule has 0 radical (unpaired) electrons. The summed E-state index contributed by atoms with van der Waals surface area (Å²) in [5, 5.41) is 3.10. The molecule has 1 aromatic rings. The number of ether oxygens (including phenoxy) is 1. The second-order valence-electron chi connectivity index (χ2n) is 5.53. The number of nitrogens with one attached hydrogen (secondary N) is 1. The number of carbonyl (C=O) groups is 1. The van der Waals surface area contributed by atoms with Crippen molar-refractivity contribution in [3.63, 3.8) is 0 Å². The molecule has 0 bridgehead atoms. The van der Waals surface area contributed by atoms with Gasteiger partial charge in [0.05, 0.1) is 0 Å². The lowest BCUT2D eigenvalue weighted by Crippen LogP contribution is -2.40. The van der Waals surface area contributed by atoms with Crippen molar-refractivity contribution in [1.82, 2.24) is 10.2 Å². The lowest BCUT2D eigenvalue weighted by molar-refractivity contribution is -0.134. The third-order valence-corrected chi connectivity index (χ3v) is 3.78. The SMILES string of the molecule is CNCc1cccc(OCC(=O)N2CCC(C)CC2)c1. The fourth-order valence-corrected chi connectivity index (χ4v) is 2.44. The highest BCUT2D eigenvalue weighted by atomic mass is 16.5. The van der Waals surface area contributed by atoms with E-state index in [-0.39, 0.29) is 12.5 Å². The number of hydrogen-bond donors (Lipinski definition) is 1. The highest BCUT2D eigenvalue weighted by Crippen LogP contribution is 2.17. The van der Waals surface area contributed by atoms with Crippen LogP contribution in [0.4, 0.5) is 0 Å². The van der Waals surface area contributed by atoms with Crippen molar-refractivity contribution in [2.45, 2.75) is 26.3 Å². The van der Waals surface area contributed by atoms with E-state index in [0.29, 0.717) is 0 Å². The van der Waals surface area contributed by atoms with Gasteiger partial charge in [-0.05, 0) is 43.5 Å². The average molecular weight is 276 g/mol. The molecule has 1 aliphatic heterocycles. The molecule has 1 fully saturated rings. The Morgan fingerprint density at radius 3 is 2.85 bits per heavy atom. The Hall–Kier alpha value is -1.55. The molecule has 1 saturated heterocycles. The molecule has 4 nitrogen and oxygen atoms in total. The van der Waals surface area contributed by atoms with Gasteiger partial charge in [-0.3, -0.25) is 4.79 Å².